The molecule has 0 radical (unpaired) electrons. The molecule has 0 aliphatic heterocycles. The van der Waals surface area contributed by atoms with Crippen molar-refractivity contribution in [2.45, 2.75) is 32.6 Å². The molecule has 4 rings (SSSR count). The van der Waals surface area contributed by atoms with Crippen LogP contribution >= 0.6 is 0 Å². The second-order valence-corrected chi connectivity index (χ2v) is 8.63. The predicted octanol–water partition coefficient (Wildman–Crippen LogP) is 8.37. The zero-order valence-corrected chi connectivity index (χ0v) is 19.9. The van der Waals surface area contributed by atoms with Gasteiger partial charge in [-0.15, -0.1) is 0 Å². The summed E-state index contributed by atoms with van der Waals surface area (Å²) in [5.74, 6) is -0.570. The van der Waals surface area contributed by atoms with Crippen LogP contribution in [0.25, 0.3) is 10.8 Å². The topological polar surface area (TPSA) is 0 Å². The number of halogens is 6. The number of fused-ring (bicyclic) bond motifs is 1. The molecule has 0 saturated carbocycles. The van der Waals surface area contributed by atoms with Crippen molar-refractivity contribution in [3.05, 3.63) is 129 Å². The quantitative estimate of drug-likeness (QED) is 0.106. The first-order chi connectivity index (χ1) is 17.8. The Hall–Kier alpha value is -3.98. The lowest BCUT2D eigenvalue weighted by Crippen LogP contribution is -2.01. The maximum atomic E-state index is 14.6. The van der Waals surface area contributed by atoms with Gasteiger partial charge in [0.25, 0.3) is 0 Å². The Morgan fingerprint density at radius 2 is 1.38 bits per heavy atom. The van der Waals surface area contributed by atoms with Crippen LogP contribution in [0.5, 0.6) is 0 Å². The summed E-state index contributed by atoms with van der Waals surface area (Å²) in [6.45, 7) is 1.88. The average molecular weight is 509 g/mol. The fourth-order valence-corrected chi connectivity index (χ4v) is 4.06. The molecule has 0 N–H and O–H groups in total. The van der Waals surface area contributed by atoms with Crippen molar-refractivity contribution in [1.82, 2.24) is 0 Å². The van der Waals surface area contributed by atoms with Crippen LogP contribution in [0.4, 0.5) is 26.3 Å². The molecule has 0 bridgehead atoms. The molecule has 37 heavy (non-hydrogen) atoms. The van der Waals surface area contributed by atoms with Gasteiger partial charge in [-0.2, -0.15) is 0 Å². The molecule has 4 aromatic rings. The van der Waals surface area contributed by atoms with Crippen LogP contribution in [0.2, 0.25) is 0 Å². The van der Waals surface area contributed by atoms with Gasteiger partial charge in [0.2, 0.25) is 0 Å². The summed E-state index contributed by atoms with van der Waals surface area (Å²) in [5, 5.41) is 0.0421. The van der Waals surface area contributed by atoms with Crippen LogP contribution in [0.3, 0.4) is 0 Å². The first-order valence-corrected chi connectivity index (χ1v) is 11.7. The Balaban J connectivity index is 1.47. The van der Waals surface area contributed by atoms with E-state index in [1.54, 1.807) is 6.07 Å². The largest absolute Gasteiger partial charge is 0.207 e. The van der Waals surface area contributed by atoms with Crippen molar-refractivity contribution in [2.75, 3.05) is 0 Å². The molecule has 4 aromatic carbocycles. The number of hydrogen-bond donors (Lipinski definition) is 0. The van der Waals surface area contributed by atoms with E-state index in [4.69, 9.17) is 0 Å². The Labute approximate surface area is 211 Å². The molecular weight excluding hydrogens is 486 g/mol. The standard InChI is InChI=1S/C31H22F6/c1-2-3-4-5-21-16-27(33)25(28(34)17-21)13-9-20-7-11-22(26(32)15-20)10-6-19-8-12-24-23(14-19)18-29(35)31(37)30(24)36/h2-3,7-8,11-12,14-18H,4-5,9,13H2,1H3/b3-2+. The molecule has 0 heterocycles. The van der Waals surface area contributed by atoms with E-state index in [1.807, 2.05) is 19.1 Å². The van der Waals surface area contributed by atoms with Crippen LogP contribution in [0.1, 0.15) is 41.2 Å². The van der Waals surface area contributed by atoms with Gasteiger partial charge in [-0.05, 0) is 91.6 Å². The Morgan fingerprint density at radius 1 is 0.649 bits per heavy atom. The summed E-state index contributed by atoms with van der Waals surface area (Å²) in [4.78, 5) is 0. The molecule has 0 fully saturated rings. The van der Waals surface area contributed by atoms with Gasteiger partial charge >= 0.3 is 0 Å². The van der Waals surface area contributed by atoms with Crippen LogP contribution in [-0.4, -0.2) is 0 Å². The minimum atomic E-state index is -1.55. The molecule has 188 valence electrons. The number of benzene rings is 4. The van der Waals surface area contributed by atoms with E-state index in [1.165, 1.54) is 42.5 Å². The highest BCUT2D eigenvalue weighted by molar-refractivity contribution is 5.84. The molecule has 0 spiro atoms. The summed E-state index contributed by atoms with van der Waals surface area (Å²) in [5.41, 5.74) is 1.55. The van der Waals surface area contributed by atoms with Gasteiger partial charge in [0.1, 0.15) is 17.5 Å². The van der Waals surface area contributed by atoms with E-state index in [2.05, 4.69) is 11.8 Å². The molecule has 0 unspecified atom stereocenters. The third-order valence-corrected chi connectivity index (χ3v) is 6.05. The summed E-state index contributed by atoms with van der Waals surface area (Å²) in [6, 6.07) is 12.0. The van der Waals surface area contributed by atoms with Crippen molar-refractivity contribution >= 4 is 10.8 Å². The van der Waals surface area contributed by atoms with E-state index < -0.39 is 34.9 Å². The minimum absolute atomic E-state index is 0.0388. The Bertz CT molecular complexity index is 1530. The normalized spacial score (nSPS) is 11.2. The molecule has 0 saturated heterocycles. The minimum Gasteiger partial charge on any atom is -0.207 e. The SMILES string of the molecule is C/C=C/CCc1cc(F)c(CCc2ccc(C#Cc3ccc4c(F)c(F)c(F)cc4c3)c(F)c2)c(F)c1. The van der Waals surface area contributed by atoms with Crippen molar-refractivity contribution in [3.63, 3.8) is 0 Å². The highest BCUT2D eigenvalue weighted by Crippen LogP contribution is 2.24. The highest BCUT2D eigenvalue weighted by atomic mass is 19.2. The molecule has 0 nitrogen and oxygen atoms in total. The number of rotatable bonds is 6. The molecule has 0 aliphatic rings. The molecule has 6 heteroatoms. The number of allylic oxidation sites excluding steroid dienone is 2. The van der Waals surface area contributed by atoms with Gasteiger partial charge in [0.05, 0.1) is 5.56 Å². The number of hydrogen-bond acceptors (Lipinski definition) is 0. The third kappa shape index (κ3) is 6.06. The monoisotopic (exact) mass is 508 g/mol. The summed E-state index contributed by atoms with van der Waals surface area (Å²) >= 11 is 0. The fourth-order valence-electron chi connectivity index (χ4n) is 4.06. The van der Waals surface area contributed by atoms with Crippen LogP contribution in [0, 0.1) is 46.7 Å². The second-order valence-electron chi connectivity index (χ2n) is 8.63. The van der Waals surface area contributed by atoms with Gasteiger partial charge in [0, 0.05) is 16.5 Å². The fraction of sp³-hybridized carbons (Fsp3) is 0.161. The van der Waals surface area contributed by atoms with Crippen LogP contribution in [-0.2, 0) is 19.3 Å². The van der Waals surface area contributed by atoms with Crippen molar-refractivity contribution in [3.8, 4) is 11.8 Å². The van der Waals surface area contributed by atoms with E-state index in [9.17, 15) is 26.3 Å². The summed E-state index contributed by atoms with van der Waals surface area (Å²) in [7, 11) is 0. The summed E-state index contributed by atoms with van der Waals surface area (Å²) in [6.07, 6.45) is 5.35. The highest BCUT2D eigenvalue weighted by Gasteiger charge is 2.14. The van der Waals surface area contributed by atoms with Gasteiger partial charge in [0.15, 0.2) is 17.5 Å². The van der Waals surface area contributed by atoms with Crippen molar-refractivity contribution in [2.24, 2.45) is 0 Å². The van der Waals surface area contributed by atoms with Gasteiger partial charge in [-0.1, -0.05) is 36.1 Å². The molecule has 0 amide bonds. The Kier molecular flexibility index (Phi) is 8.03. The maximum Gasteiger partial charge on any atom is 0.195 e. The van der Waals surface area contributed by atoms with E-state index in [-0.39, 0.29) is 34.7 Å². The van der Waals surface area contributed by atoms with Gasteiger partial charge in [-0.25, -0.2) is 26.3 Å². The lowest BCUT2D eigenvalue weighted by atomic mass is 9.99. The first kappa shape index (κ1) is 26.1. The molecule has 0 aromatic heterocycles. The first-order valence-electron chi connectivity index (χ1n) is 11.7. The second kappa shape index (κ2) is 11.4. The van der Waals surface area contributed by atoms with Gasteiger partial charge in [-0.3, -0.25) is 0 Å². The van der Waals surface area contributed by atoms with E-state index >= 15 is 0 Å². The molecular formula is C31H22F6. The third-order valence-electron chi connectivity index (χ3n) is 6.05. The zero-order valence-electron chi connectivity index (χ0n) is 19.9. The zero-order chi connectivity index (χ0) is 26.5. The van der Waals surface area contributed by atoms with Crippen LogP contribution in [0.15, 0.2) is 66.7 Å². The van der Waals surface area contributed by atoms with Gasteiger partial charge < -0.3 is 0 Å². The van der Waals surface area contributed by atoms with Crippen molar-refractivity contribution < 1.29 is 26.3 Å². The number of aryl methyl sites for hydroxylation is 2. The lowest BCUT2D eigenvalue weighted by molar-refractivity contribution is 0.453. The van der Waals surface area contributed by atoms with Crippen molar-refractivity contribution in [1.29, 1.82) is 0 Å². The maximum absolute atomic E-state index is 14.6. The van der Waals surface area contributed by atoms with E-state index in [0.29, 0.717) is 29.5 Å². The summed E-state index contributed by atoms with van der Waals surface area (Å²) < 4.78 is 84.4. The molecule has 0 atom stereocenters. The lowest BCUT2D eigenvalue weighted by Gasteiger charge is -2.09. The van der Waals surface area contributed by atoms with Crippen LogP contribution < -0.4 is 0 Å². The molecule has 0 aliphatic carbocycles. The Morgan fingerprint density at radius 3 is 2.08 bits per heavy atom. The average Bonchev–Trinajstić information content (AvgIpc) is 2.86. The smallest absolute Gasteiger partial charge is 0.195 e. The predicted molar refractivity (Wildman–Crippen MR) is 133 cm³/mol. The van der Waals surface area contributed by atoms with E-state index in [0.717, 1.165) is 6.07 Å².